The third kappa shape index (κ3) is 4.54. The number of ether oxygens (including phenoxy) is 1. The molecule has 0 atom stereocenters. The lowest BCUT2D eigenvalue weighted by Crippen LogP contribution is -2.31. The Morgan fingerprint density at radius 2 is 2.26 bits per heavy atom. The number of nitrogens with zero attached hydrogens (tertiary/aromatic N) is 2. The van der Waals surface area contributed by atoms with E-state index >= 15 is 0 Å². The Hall–Kier alpha value is -2.16. The summed E-state index contributed by atoms with van der Waals surface area (Å²) in [5.41, 5.74) is 0.262. The summed E-state index contributed by atoms with van der Waals surface area (Å²) in [5, 5.41) is 8.51. The first-order valence-electron chi connectivity index (χ1n) is 5.79. The number of rotatable bonds is 6. The van der Waals surface area contributed by atoms with Crippen LogP contribution < -0.4 is 4.74 Å². The van der Waals surface area contributed by atoms with Gasteiger partial charge in [0.1, 0.15) is 5.75 Å². The fourth-order valence-corrected chi connectivity index (χ4v) is 1.58. The summed E-state index contributed by atoms with van der Waals surface area (Å²) in [7, 11) is 0. The second kappa shape index (κ2) is 7.31. The van der Waals surface area contributed by atoms with E-state index < -0.39 is 6.61 Å². The standard InChI is InChI=1S/C13H14F2N2O2/c1-2-17(8-4-7-16)12(18)10-5-3-6-11(9-10)19-13(14)15/h3,5-6,9,13H,2,4,8H2,1H3. The van der Waals surface area contributed by atoms with Gasteiger partial charge in [0.05, 0.1) is 12.5 Å². The van der Waals surface area contributed by atoms with Crippen molar-refractivity contribution >= 4 is 5.91 Å². The fourth-order valence-electron chi connectivity index (χ4n) is 1.58. The van der Waals surface area contributed by atoms with Gasteiger partial charge < -0.3 is 9.64 Å². The van der Waals surface area contributed by atoms with Gasteiger partial charge in [-0.1, -0.05) is 6.07 Å². The van der Waals surface area contributed by atoms with Gasteiger partial charge in [-0.3, -0.25) is 4.79 Å². The SMILES string of the molecule is CCN(CCC#N)C(=O)c1cccc(OC(F)F)c1. The number of alkyl halides is 2. The summed E-state index contributed by atoms with van der Waals surface area (Å²) in [5.74, 6) is -0.366. The summed E-state index contributed by atoms with van der Waals surface area (Å²) < 4.78 is 28.4. The third-order valence-electron chi connectivity index (χ3n) is 2.47. The van der Waals surface area contributed by atoms with E-state index in [1.165, 1.54) is 29.2 Å². The van der Waals surface area contributed by atoms with Crippen LogP contribution in [0.15, 0.2) is 24.3 Å². The largest absolute Gasteiger partial charge is 0.435 e. The van der Waals surface area contributed by atoms with E-state index in [0.717, 1.165) is 0 Å². The van der Waals surface area contributed by atoms with Gasteiger partial charge in [0.25, 0.3) is 5.91 Å². The molecule has 0 saturated heterocycles. The molecule has 0 aliphatic carbocycles. The normalized spacial score (nSPS) is 10.1. The number of hydrogen-bond donors (Lipinski definition) is 0. The topological polar surface area (TPSA) is 53.3 Å². The Balaban J connectivity index is 2.83. The minimum Gasteiger partial charge on any atom is -0.435 e. The van der Waals surface area contributed by atoms with Crippen molar-refractivity contribution < 1.29 is 18.3 Å². The van der Waals surface area contributed by atoms with Crippen molar-refractivity contribution in [3.8, 4) is 11.8 Å². The minimum absolute atomic E-state index is 0.0582. The zero-order chi connectivity index (χ0) is 14.3. The molecule has 0 bridgehead atoms. The Morgan fingerprint density at radius 3 is 2.84 bits per heavy atom. The first-order valence-corrected chi connectivity index (χ1v) is 5.79. The highest BCUT2D eigenvalue weighted by Crippen LogP contribution is 2.17. The number of hydrogen-bond acceptors (Lipinski definition) is 3. The molecule has 0 unspecified atom stereocenters. The fraction of sp³-hybridized carbons (Fsp3) is 0.385. The molecule has 19 heavy (non-hydrogen) atoms. The predicted molar refractivity (Wildman–Crippen MR) is 64.9 cm³/mol. The molecular weight excluding hydrogens is 254 g/mol. The maximum Gasteiger partial charge on any atom is 0.387 e. The van der Waals surface area contributed by atoms with Crippen LogP contribution in [0, 0.1) is 11.3 Å². The molecule has 0 fully saturated rings. The van der Waals surface area contributed by atoms with Gasteiger partial charge in [-0.2, -0.15) is 14.0 Å². The Kier molecular flexibility index (Phi) is 5.73. The van der Waals surface area contributed by atoms with Gasteiger partial charge in [-0.05, 0) is 25.1 Å². The highest BCUT2D eigenvalue weighted by Gasteiger charge is 2.15. The first-order chi connectivity index (χ1) is 9.08. The predicted octanol–water partition coefficient (Wildman–Crippen LogP) is 2.66. The van der Waals surface area contributed by atoms with E-state index in [-0.39, 0.29) is 23.6 Å². The molecule has 6 heteroatoms. The lowest BCUT2D eigenvalue weighted by molar-refractivity contribution is -0.0499. The van der Waals surface area contributed by atoms with Crippen LogP contribution in [0.5, 0.6) is 5.75 Å². The Bertz CT molecular complexity index is 472. The van der Waals surface area contributed by atoms with Crippen LogP contribution in [0.1, 0.15) is 23.7 Å². The molecule has 0 N–H and O–H groups in total. The Morgan fingerprint density at radius 1 is 1.53 bits per heavy atom. The summed E-state index contributed by atoms with van der Waals surface area (Å²) >= 11 is 0. The van der Waals surface area contributed by atoms with E-state index in [0.29, 0.717) is 13.1 Å². The molecule has 1 aromatic rings. The summed E-state index contributed by atoms with van der Waals surface area (Å²) in [6.07, 6.45) is 0.229. The van der Waals surface area contributed by atoms with E-state index in [1.54, 1.807) is 6.92 Å². The molecule has 1 amide bonds. The summed E-state index contributed by atoms with van der Waals surface area (Å²) in [4.78, 5) is 13.6. The van der Waals surface area contributed by atoms with Crippen molar-refractivity contribution in [2.24, 2.45) is 0 Å². The molecule has 0 heterocycles. The first kappa shape index (κ1) is 14.9. The number of nitriles is 1. The van der Waals surface area contributed by atoms with E-state index in [4.69, 9.17) is 5.26 Å². The van der Waals surface area contributed by atoms with Crippen molar-refractivity contribution in [1.29, 1.82) is 5.26 Å². The average Bonchev–Trinajstić information content (AvgIpc) is 2.39. The maximum absolute atomic E-state index is 12.1. The van der Waals surface area contributed by atoms with E-state index in [2.05, 4.69) is 4.74 Å². The zero-order valence-corrected chi connectivity index (χ0v) is 10.5. The van der Waals surface area contributed by atoms with Crippen LogP contribution in [0.25, 0.3) is 0 Å². The van der Waals surface area contributed by atoms with Crippen LogP contribution in [-0.4, -0.2) is 30.5 Å². The second-order valence-electron chi connectivity index (χ2n) is 3.70. The molecule has 0 radical (unpaired) electrons. The monoisotopic (exact) mass is 268 g/mol. The van der Waals surface area contributed by atoms with Gasteiger partial charge in [0, 0.05) is 18.7 Å². The highest BCUT2D eigenvalue weighted by atomic mass is 19.3. The van der Waals surface area contributed by atoms with E-state index in [9.17, 15) is 13.6 Å². The van der Waals surface area contributed by atoms with Crippen LogP contribution in [0.3, 0.4) is 0 Å². The number of benzene rings is 1. The molecule has 1 rings (SSSR count). The molecule has 4 nitrogen and oxygen atoms in total. The molecule has 0 saturated carbocycles. The van der Waals surface area contributed by atoms with Crippen LogP contribution >= 0.6 is 0 Å². The van der Waals surface area contributed by atoms with Gasteiger partial charge in [0.2, 0.25) is 0 Å². The van der Waals surface area contributed by atoms with Crippen molar-refractivity contribution in [3.63, 3.8) is 0 Å². The summed E-state index contributed by atoms with van der Waals surface area (Å²) in [6.45, 7) is -0.382. The molecule has 102 valence electrons. The zero-order valence-electron chi connectivity index (χ0n) is 10.5. The number of carbonyl (C=O) groups excluding carboxylic acids is 1. The van der Waals surface area contributed by atoms with Gasteiger partial charge in [-0.15, -0.1) is 0 Å². The molecule has 0 aliphatic rings. The van der Waals surface area contributed by atoms with Crippen molar-refractivity contribution in [2.45, 2.75) is 20.0 Å². The number of halogens is 2. The van der Waals surface area contributed by atoms with Crippen LogP contribution in [0.4, 0.5) is 8.78 Å². The quantitative estimate of drug-likeness (QED) is 0.797. The average molecular weight is 268 g/mol. The lowest BCUT2D eigenvalue weighted by atomic mass is 10.2. The molecule has 1 aromatic carbocycles. The molecule has 0 aromatic heterocycles. The van der Waals surface area contributed by atoms with Gasteiger partial charge in [-0.25, -0.2) is 0 Å². The number of amides is 1. The van der Waals surface area contributed by atoms with Crippen molar-refractivity contribution in [3.05, 3.63) is 29.8 Å². The van der Waals surface area contributed by atoms with Crippen molar-refractivity contribution in [1.82, 2.24) is 4.90 Å². The smallest absolute Gasteiger partial charge is 0.387 e. The van der Waals surface area contributed by atoms with Crippen LogP contribution in [-0.2, 0) is 0 Å². The van der Waals surface area contributed by atoms with Gasteiger partial charge >= 0.3 is 6.61 Å². The second-order valence-corrected chi connectivity index (χ2v) is 3.70. The van der Waals surface area contributed by atoms with Gasteiger partial charge in [0.15, 0.2) is 0 Å². The van der Waals surface area contributed by atoms with Crippen molar-refractivity contribution in [2.75, 3.05) is 13.1 Å². The minimum atomic E-state index is -2.92. The molecule has 0 aliphatic heterocycles. The maximum atomic E-state index is 12.1. The number of carbonyl (C=O) groups is 1. The van der Waals surface area contributed by atoms with E-state index in [1.807, 2.05) is 6.07 Å². The lowest BCUT2D eigenvalue weighted by Gasteiger charge is -2.19. The molecular formula is C13H14F2N2O2. The highest BCUT2D eigenvalue weighted by molar-refractivity contribution is 5.94. The Labute approximate surface area is 110 Å². The summed E-state index contributed by atoms with van der Waals surface area (Å²) in [6, 6.07) is 7.58. The third-order valence-corrected chi connectivity index (χ3v) is 2.47. The molecule has 0 spiro atoms. The van der Waals surface area contributed by atoms with Crippen LogP contribution in [0.2, 0.25) is 0 Å².